The van der Waals surface area contributed by atoms with Crippen LogP contribution in [0.2, 0.25) is 0 Å². The summed E-state index contributed by atoms with van der Waals surface area (Å²) in [5.41, 5.74) is 2.51. The first kappa shape index (κ1) is 9.50. The van der Waals surface area contributed by atoms with Crippen LogP contribution in [0.4, 0.5) is 0 Å². The minimum Gasteiger partial charge on any atom is -0.330 e. The third-order valence-electron chi connectivity index (χ3n) is 3.05. The Morgan fingerprint density at radius 1 is 1.50 bits per heavy atom. The van der Waals surface area contributed by atoms with E-state index >= 15 is 0 Å². The zero-order valence-corrected chi connectivity index (χ0v) is 8.68. The molecule has 76 valence electrons. The summed E-state index contributed by atoms with van der Waals surface area (Å²) >= 11 is 0. The Labute approximate surface area is 85.1 Å². The molecule has 2 bridgehead atoms. The number of carbonyl (C=O) groups excluding carboxylic acids is 1. The molecule has 2 atom stereocenters. The molecule has 2 nitrogen and oxygen atoms in total. The van der Waals surface area contributed by atoms with Gasteiger partial charge in [0.25, 0.3) is 0 Å². The number of hydrogen-bond acceptors (Lipinski definition) is 1. The highest BCUT2D eigenvalue weighted by Crippen LogP contribution is 2.39. The zero-order valence-electron chi connectivity index (χ0n) is 8.68. The molecule has 1 saturated carbocycles. The molecule has 0 unspecified atom stereocenters. The molecule has 2 aliphatic carbocycles. The normalized spacial score (nSPS) is 30.9. The summed E-state index contributed by atoms with van der Waals surface area (Å²) in [6, 6.07) is 0. The summed E-state index contributed by atoms with van der Waals surface area (Å²) < 4.78 is 0. The van der Waals surface area contributed by atoms with E-state index in [2.05, 4.69) is 18.0 Å². The molecule has 2 heteroatoms. The summed E-state index contributed by atoms with van der Waals surface area (Å²) in [5, 5.41) is 2.92. The monoisotopic (exact) mass is 191 g/mol. The van der Waals surface area contributed by atoms with Crippen LogP contribution in [0.3, 0.4) is 0 Å². The zero-order chi connectivity index (χ0) is 10.1. The maximum absolute atomic E-state index is 10.9. The summed E-state index contributed by atoms with van der Waals surface area (Å²) in [5.74, 6) is 1.39. The number of hydrogen-bond donors (Lipinski definition) is 1. The van der Waals surface area contributed by atoms with Crippen LogP contribution in [0, 0.1) is 11.8 Å². The van der Waals surface area contributed by atoms with E-state index in [1.165, 1.54) is 12.0 Å². The van der Waals surface area contributed by atoms with Crippen molar-refractivity contribution in [2.75, 3.05) is 0 Å². The number of allylic oxidation sites excluding steroid dienone is 3. The van der Waals surface area contributed by atoms with Gasteiger partial charge in [-0.3, -0.25) is 4.79 Å². The number of carbonyl (C=O) groups is 1. The van der Waals surface area contributed by atoms with Crippen molar-refractivity contribution in [3.05, 3.63) is 23.9 Å². The Hall–Kier alpha value is -1.05. The van der Waals surface area contributed by atoms with E-state index in [1.54, 1.807) is 6.92 Å². The van der Waals surface area contributed by atoms with Gasteiger partial charge in [-0.15, -0.1) is 0 Å². The van der Waals surface area contributed by atoms with Crippen molar-refractivity contribution in [2.45, 2.75) is 32.6 Å². The molecule has 0 aromatic carbocycles. The van der Waals surface area contributed by atoms with Gasteiger partial charge in [0.15, 0.2) is 0 Å². The van der Waals surface area contributed by atoms with E-state index in [1.807, 2.05) is 0 Å². The van der Waals surface area contributed by atoms with E-state index in [-0.39, 0.29) is 5.91 Å². The molecule has 2 rings (SSSR count). The minimum atomic E-state index is 0.0510. The minimum absolute atomic E-state index is 0.0510. The molecule has 0 aromatic heterocycles. The van der Waals surface area contributed by atoms with Crippen molar-refractivity contribution in [1.82, 2.24) is 5.32 Å². The van der Waals surface area contributed by atoms with Gasteiger partial charge in [0.2, 0.25) is 5.91 Å². The Kier molecular flexibility index (Phi) is 2.44. The van der Waals surface area contributed by atoms with Crippen LogP contribution in [0.1, 0.15) is 32.6 Å². The van der Waals surface area contributed by atoms with Crippen molar-refractivity contribution in [2.24, 2.45) is 11.8 Å². The van der Waals surface area contributed by atoms with Crippen LogP contribution in [-0.2, 0) is 4.79 Å². The van der Waals surface area contributed by atoms with Gasteiger partial charge in [0.05, 0.1) is 0 Å². The van der Waals surface area contributed by atoms with E-state index in [0.29, 0.717) is 11.8 Å². The molecule has 1 amide bonds. The molecule has 0 aliphatic heterocycles. The van der Waals surface area contributed by atoms with Crippen LogP contribution in [0.5, 0.6) is 0 Å². The molecule has 0 spiro atoms. The van der Waals surface area contributed by atoms with Crippen LogP contribution in [-0.4, -0.2) is 5.91 Å². The van der Waals surface area contributed by atoms with Crippen molar-refractivity contribution in [3.8, 4) is 0 Å². The van der Waals surface area contributed by atoms with Crippen molar-refractivity contribution >= 4 is 5.91 Å². The van der Waals surface area contributed by atoms with Gasteiger partial charge in [-0.2, -0.15) is 0 Å². The highest BCUT2D eigenvalue weighted by molar-refractivity contribution is 5.74. The topological polar surface area (TPSA) is 29.1 Å². The molecule has 1 N–H and O–H groups in total. The number of nitrogens with one attached hydrogen (secondary N) is 1. The maximum atomic E-state index is 10.9. The number of amides is 1. The molecule has 2 aliphatic rings. The summed E-state index contributed by atoms with van der Waals surface area (Å²) in [6.45, 7) is 5.64. The predicted molar refractivity (Wildman–Crippen MR) is 56.5 cm³/mol. The van der Waals surface area contributed by atoms with Crippen molar-refractivity contribution in [3.63, 3.8) is 0 Å². The fraction of sp³-hybridized carbons (Fsp3) is 0.583. The Morgan fingerprint density at radius 3 is 2.93 bits per heavy atom. The average Bonchev–Trinajstić information content (AvgIpc) is 1.99. The second kappa shape index (κ2) is 3.60. The smallest absolute Gasteiger partial charge is 0.220 e. The standard InChI is InChI=1S/C12H17NO/c1-8-3-10-5-11(4-8)7-12(6-10)13-9(2)14/h6,10-11H,1,3-5,7H2,2H3,(H,13,14)/t10-,11-/m0/s1. The summed E-state index contributed by atoms with van der Waals surface area (Å²) in [7, 11) is 0. The van der Waals surface area contributed by atoms with Gasteiger partial charge in [-0.25, -0.2) is 0 Å². The predicted octanol–water partition coefficient (Wildman–Crippen LogP) is 2.38. The third kappa shape index (κ3) is 2.06. The highest BCUT2D eigenvalue weighted by atomic mass is 16.1. The molecule has 0 saturated heterocycles. The Bertz CT molecular complexity index is 303. The Balaban J connectivity index is 2.08. The van der Waals surface area contributed by atoms with E-state index < -0.39 is 0 Å². The van der Waals surface area contributed by atoms with Crippen molar-refractivity contribution in [1.29, 1.82) is 0 Å². The fourth-order valence-corrected chi connectivity index (χ4v) is 2.72. The lowest BCUT2D eigenvalue weighted by Gasteiger charge is -2.34. The lowest BCUT2D eigenvalue weighted by atomic mass is 9.73. The molecule has 1 fully saturated rings. The van der Waals surface area contributed by atoms with Gasteiger partial charge >= 0.3 is 0 Å². The fourth-order valence-electron chi connectivity index (χ4n) is 2.72. The van der Waals surface area contributed by atoms with Crippen molar-refractivity contribution < 1.29 is 4.79 Å². The SMILES string of the molecule is C=C1C[C@@H]2C=C(NC(C)=O)C[C@@H](C1)C2. The summed E-state index contributed by atoms with van der Waals surface area (Å²) in [4.78, 5) is 10.9. The van der Waals surface area contributed by atoms with E-state index in [0.717, 1.165) is 25.0 Å². The largest absolute Gasteiger partial charge is 0.330 e. The average molecular weight is 191 g/mol. The molecule has 14 heavy (non-hydrogen) atoms. The maximum Gasteiger partial charge on any atom is 0.220 e. The first-order valence-electron chi connectivity index (χ1n) is 5.28. The quantitative estimate of drug-likeness (QED) is 0.633. The highest BCUT2D eigenvalue weighted by Gasteiger charge is 2.28. The van der Waals surface area contributed by atoms with Crippen LogP contribution >= 0.6 is 0 Å². The second-order valence-electron chi connectivity index (χ2n) is 4.60. The number of rotatable bonds is 1. The third-order valence-corrected chi connectivity index (χ3v) is 3.05. The van der Waals surface area contributed by atoms with Gasteiger partial charge in [-0.05, 0) is 37.5 Å². The van der Waals surface area contributed by atoms with Gasteiger partial charge in [-0.1, -0.05) is 18.2 Å². The molecule has 0 aromatic rings. The first-order chi connectivity index (χ1) is 6.63. The Morgan fingerprint density at radius 2 is 2.29 bits per heavy atom. The number of fused-ring (bicyclic) bond motifs is 2. The molecular formula is C12H17NO. The second-order valence-corrected chi connectivity index (χ2v) is 4.60. The van der Waals surface area contributed by atoms with Crippen LogP contribution in [0.15, 0.2) is 23.9 Å². The van der Waals surface area contributed by atoms with Gasteiger partial charge in [0.1, 0.15) is 0 Å². The lowest BCUT2D eigenvalue weighted by molar-refractivity contribution is -0.118. The van der Waals surface area contributed by atoms with Crippen LogP contribution in [0.25, 0.3) is 0 Å². The van der Waals surface area contributed by atoms with Gasteiger partial charge in [0, 0.05) is 12.6 Å². The first-order valence-corrected chi connectivity index (χ1v) is 5.28. The van der Waals surface area contributed by atoms with Gasteiger partial charge < -0.3 is 5.32 Å². The molecular weight excluding hydrogens is 174 g/mol. The lowest BCUT2D eigenvalue weighted by Crippen LogP contribution is -2.28. The van der Waals surface area contributed by atoms with E-state index in [4.69, 9.17) is 0 Å². The summed E-state index contributed by atoms with van der Waals surface area (Å²) in [6.07, 6.45) is 6.78. The van der Waals surface area contributed by atoms with Crippen LogP contribution < -0.4 is 5.32 Å². The molecule has 0 heterocycles. The molecule has 0 radical (unpaired) electrons. The van der Waals surface area contributed by atoms with E-state index in [9.17, 15) is 4.79 Å².